The topological polar surface area (TPSA) is 0 Å². The third kappa shape index (κ3) is 4.40. The molecule has 0 aliphatic carbocycles. The van der Waals surface area contributed by atoms with Crippen molar-refractivity contribution in [3.8, 4) is 44.5 Å². The van der Waals surface area contributed by atoms with Crippen molar-refractivity contribution in [2.75, 3.05) is 0 Å². The molecule has 8 rings (SSSR count). The first kappa shape index (κ1) is 25.3. The van der Waals surface area contributed by atoms with E-state index < -0.39 is 0 Å². The lowest BCUT2D eigenvalue weighted by molar-refractivity contribution is 1.51. The average Bonchev–Trinajstić information content (AvgIpc) is 3.07. The van der Waals surface area contributed by atoms with Crippen LogP contribution in [0.3, 0.4) is 0 Å². The smallest absolute Gasteiger partial charge is 0.00201 e. The van der Waals surface area contributed by atoms with Crippen molar-refractivity contribution in [1.29, 1.82) is 0 Å². The Morgan fingerprint density at radius 1 is 0.302 bits per heavy atom. The molecular formula is C43H30. The fraction of sp³-hybridized carbons (Fsp3) is 0.0233. The van der Waals surface area contributed by atoms with Crippen molar-refractivity contribution in [1.82, 2.24) is 0 Å². The molecule has 0 bridgehead atoms. The molecule has 202 valence electrons. The maximum absolute atomic E-state index is 2.38. The van der Waals surface area contributed by atoms with Gasteiger partial charge in [0.15, 0.2) is 0 Å². The summed E-state index contributed by atoms with van der Waals surface area (Å²) in [7, 11) is 0. The zero-order chi connectivity index (χ0) is 28.8. The maximum Gasteiger partial charge on any atom is -0.00201 e. The molecule has 0 heteroatoms. The van der Waals surface area contributed by atoms with Crippen LogP contribution in [0.1, 0.15) is 5.56 Å². The van der Waals surface area contributed by atoms with Crippen LogP contribution < -0.4 is 0 Å². The zero-order valence-electron chi connectivity index (χ0n) is 24.1. The van der Waals surface area contributed by atoms with E-state index in [4.69, 9.17) is 0 Å². The Balaban J connectivity index is 1.51. The molecule has 0 amide bonds. The van der Waals surface area contributed by atoms with Crippen LogP contribution in [0.4, 0.5) is 0 Å². The second-order valence-electron chi connectivity index (χ2n) is 11.4. The van der Waals surface area contributed by atoms with E-state index in [9.17, 15) is 0 Å². The molecular weight excluding hydrogens is 516 g/mol. The summed E-state index contributed by atoms with van der Waals surface area (Å²) in [6.45, 7) is 2.20. The highest BCUT2D eigenvalue weighted by molar-refractivity contribution is 6.23. The zero-order valence-corrected chi connectivity index (χ0v) is 24.1. The third-order valence-electron chi connectivity index (χ3n) is 8.67. The van der Waals surface area contributed by atoms with Crippen LogP contribution in [0.5, 0.6) is 0 Å². The SMILES string of the molecule is Cc1ccc2c(-c3cccc4ccccc34)c3ccccc3c(-c3cc(-c4ccccc4)cc(-c4ccccc4)c3)c2c1. The Kier molecular flexibility index (Phi) is 6.12. The molecule has 0 unspecified atom stereocenters. The minimum Gasteiger partial charge on any atom is -0.0622 e. The maximum atomic E-state index is 2.38. The van der Waals surface area contributed by atoms with Gasteiger partial charge in [-0.2, -0.15) is 0 Å². The fourth-order valence-corrected chi connectivity index (χ4v) is 6.70. The predicted octanol–water partition coefficient (Wildman–Crippen LogP) is 12.1. The van der Waals surface area contributed by atoms with E-state index >= 15 is 0 Å². The number of hydrogen-bond acceptors (Lipinski definition) is 0. The summed E-state index contributed by atoms with van der Waals surface area (Å²) in [6.07, 6.45) is 0. The van der Waals surface area contributed by atoms with Gasteiger partial charge in [0.05, 0.1) is 0 Å². The lowest BCUT2D eigenvalue weighted by Crippen LogP contribution is -1.93. The third-order valence-corrected chi connectivity index (χ3v) is 8.67. The molecule has 0 saturated heterocycles. The Morgan fingerprint density at radius 2 is 0.814 bits per heavy atom. The highest BCUT2D eigenvalue weighted by atomic mass is 14.2. The first-order valence-corrected chi connectivity index (χ1v) is 14.9. The van der Waals surface area contributed by atoms with Gasteiger partial charge in [-0.1, -0.05) is 151 Å². The molecule has 0 heterocycles. The van der Waals surface area contributed by atoms with Crippen LogP contribution in [-0.2, 0) is 0 Å². The van der Waals surface area contributed by atoms with Gasteiger partial charge >= 0.3 is 0 Å². The molecule has 0 atom stereocenters. The molecule has 8 aromatic carbocycles. The Morgan fingerprint density at radius 3 is 1.49 bits per heavy atom. The van der Waals surface area contributed by atoms with Gasteiger partial charge in [0.2, 0.25) is 0 Å². The van der Waals surface area contributed by atoms with Gasteiger partial charge in [0, 0.05) is 0 Å². The number of hydrogen-bond donors (Lipinski definition) is 0. The summed E-state index contributed by atoms with van der Waals surface area (Å²) in [6, 6.07) is 59.9. The summed E-state index contributed by atoms with van der Waals surface area (Å²) >= 11 is 0. The first-order chi connectivity index (χ1) is 21.2. The highest BCUT2D eigenvalue weighted by Gasteiger charge is 2.19. The van der Waals surface area contributed by atoms with Crippen LogP contribution in [-0.4, -0.2) is 0 Å². The summed E-state index contributed by atoms with van der Waals surface area (Å²) in [5.74, 6) is 0. The quantitative estimate of drug-likeness (QED) is 0.193. The van der Waals surface area contributed by atoms with Crippen molar-refractivity contribution in [3.05, 3.63) is 169 Å². The van der Waals surface area contributed by atoms with Crippen molar-refractivity contribution in [2.24, 2.45) is 0 Å². The summed E-state index contributed by atoms with van der Waals surface area (Å²) in [5, 5.41) is 7.65. The van der Waals surface area contributed by atoms with Gasteiger partial charge in [-0.3, -0.25) is 0 Å². The Hall–Kier alpha value is -5.46. The fourth-order valence-electron chi connectivity index (χ4n) is 6.70. The number of benzene rings is 8. The molecule has 0 nitrogen and oxygen atoms in total. The Bertz CT molecular complexity index is 2210. The average molecular weight is 547 g/mol. The predicted molar refractivity (Wildman–Crippen MR) is 185 cm³/mol. The van der Waals surface area contributed by atoms with E-state index in [0.29, 0.717) is 0 Å². The van der Waals surface area contributed by atoms with Crippen LogP contribution in [0.25, 0.3) is 76.8 Å². The van der Waals surface area contributed by atoms with Crippen LogP contribution >= 0.6 is 0 Å². The van der Waals surface area contributed by atoms with Gasteiger partial charge in [0.1, 0.15) is 0 Å². The van der Waals surface area contributed by atoms with E-state index in [-0.39, 0.29) is 0 Å². The second kappa shape index (κ2) is 10.4. The minimum atomic E-state index is 1.22. The molecule has 0 aliphatic heterocycles. The summed E-state index contributed by atoms with van der Waals surface area (Å²) in [4.78, 5) is 0. The van der Waals surface area contributed by atoms with E-state index in [0.717, 1.165) is 0 Å². The van der Waals surface area contributed by atoms with Crippen molar-refractivity contribution in [3.63, 3.8) is 0 Å². The molecule has 0 fully saturated rings. The van der Waals surface area contributed by atoms with E-state index in [1.807, 2.05) is 0 Å². The molecule has 0 spiro atoms. The Labute approximate surface area is 252 Å². The van der Waals surface area contributed by atoms with Crippen molar-refractivity contribution < 1.29 is 0 Å². The highest BCUT2D eigenvalue weighted by Crippen LogP contribution is 2.46. The molecule has 0 aliphatic rings. The monoisotopic (exact) mass is 546 g/mol. The number of rotatable bonds is 4. The molecule has 0 N–H and O–H groups in total. The summed E-state index contributed by atoms with van der Waals surface area (Å²) < 4.78 is 0. The molecule has 0 saturated carbocycles. The number of fused-ring (bicyclic) bond motifs is 3. The standard InChI is InChI=1S/C43H30/c1-29-23-24-40-41(25-29)42(35-27-33(30-13-4-2-5-14-30)26-34(28-35)31-15-6-3-7-16-31)38-20-10-11-21-39(38)43(40)37-22-12-18-32-17-8-9-19-36(32)37/h2-28H,1H3. The van der Waals surface area contributed by atoms with Gasteiger partial charge < -0.3 is 0 Å². The van der Waals surface area contributed by atoms with E-state index in [1.54, 1.807) is 0 Å². The van der Waals surface area contributed by atoms with Crippen LogP contribution in [0, 0.1) is 6.92 Å². The van der Waals surface area contributed by atoms with Crippen LogP contribution in [0.2, 0.25) is 0 Å². The second-order valence-corrected chi connectivity index (χ2v) is 11.4. The minimum absolute atomic E-state index is 1.22. The molecule has 8 aromatic rings. The van der Waals surface area contributed by atoms with Gasteiger partial charge in [-0.15, -0.1) is 0 Å². The lowest BCUT2D eigenvalue weighted by atomic mass is 9.83. The number of aryl methyl sites for hydroxylation is 1. The van der Waals surface area contributed by atoms with Gasteiger partial charge in [0.25, 0.3) is 0 Å². The van der Waals surface area contributed by atoms with Crippen LogP contribution in [0.15, 0.2) is 164 Å². The first-order valence-electron chi connectivity index (χ1n) is 14.9. The molecule has 0 aromatic heterocycles. The van der Waals surface area contributed by atoms with Crippen molar-refractivity contribution >= 4 is 32.3 Å². The normalized spacial score (nSPS) is 11.4. The van der Waals surface area contributed by atoms with Crippen molar-refractivity contribution in [2.45, 2.75) is 6.92 Å². The lowest BCUT2D eigenvalue weighted by Gasteiger charge is -2.20. The van der Waals surface area contributed by atoms with Gasteiger partial charge in [-0.05, 0) is 102 Å². The van der Waals surface area contributed by atoms with E-state index in [2.05, 4.69) is 171 Å². The largest absolute Gasteiger partial charge is 0.0622 e. The molecule has 43 heavy (non-hydrogen) atoms. The van der Waals surface area contributed by atoms with E-state index in [1.165, 1.54) is 82.4 Å². The van der Waals surface area contributed by atoms with Gasteiger partial charge in [-0.25, -0.2) is 0 Å². The molecule has 0 radical (unpaired) electrons. The summed E-state index contributed by atoms with van der Waals surface area (Å²) in [5.41, 5.74) is 11.2.